The van der Waals surface area contributed by atoms with E-state index in [4.69, 9.17) is 5.73 Å². The monoisotopic (exact) mass is 276 g/mol. The summed E-state index contributed by atoms with van der Waals surface area (Å²) in [5.74, 6) is 3.08. The standard InChI is InChI=1S/C15H20N2OS/c16-14-4-1-12(2-5-14)3-6-15(18)17-11-13-7-9-19-10-8-13/h1-6,13H,7-11,16H2,(H,17,18)/b6-3+. The maximum atomic E-state index is 11.7. The molecule has 0 unspecified atom stereocenters. The minimum absolute atomic E-state index is 0.0185. The van der Waals surface area contributed by atoms with Crippen molar-refractivity contribution in [2.75, 3.05) is 23.8 Å². The molecule has 2 rings (SSSR count). The fraction of sp³-hybridized carbons (Fsp3) is 0.400. The molecule has 3 nitrogen and oxygen atoms in total. The maximum Gasteiger partial charge on any atom is 0.244 e. The average Bonchev–Trinajstić information content (AvgIpc) is 2.45. The van der Waals surface area contributed by atoms with E-state index < -0.39 is 0 Å². The summed E-state index contributed by atoms with van der Waals surface area (Å²) < 4.78 is 0. The minimum Gasteiger partial charge on any atom is -0.399 e. The predicted molar refractivity (Wildman–Crippen MR) is 82.9 cm³/mol. The first-order chi connectivity index (χ1) is 9.24. The van der Waals surface area contributed by atoms with Gasteiger partial charge in [-0.3, -0.25) is 4.79 Å². The molecule has 0 radical (unpaired) electrons. The number of carbonyl (C=O) groups is 1. The lowest BCUT2D eigenvalue weighted by Gasteiger charge is -2.21. The highest BCUT2D eigenvalue weighted by molar-refractivity contribution is 7.99. The van der Waals surface area contributed by atoms with Crippen molar-refractivity contribution in [2.45, 2.75) is 12.8 Å². The summed E-state index contributed by atoms with van der Waals surface area (Å²) in [6.45, 7) is 0.797. The predicted octanol–water partition coefficient (Wildman–Crippen LogP) is 2.54. The third kappa shape index (κ3) is 4.99. The van der Waals surface area contributed by atoms with Crippen LogP contribution in [-0.4, -0.2) is 24.0 Å². The Kier molecular flexibility index (Phi) is 5.33. The Morgan fingerprint density at radius 1 is 1.32 bits per heavy atom. The van der Waals surface area contributed by atoms with Gasteiger partial charge in [0.25, 0.3) is 0 Å². The zero-order valence-corrected chi connectivity index (χ0v) is 11.8. The summed E-state index contributed by atoms with van der Waals surface area (Å²) in [4.78, 5) is 11.7. The largest absolute Gasteiger partial charge is 0.399 e. The fourth-order valence-corrected chi connectivity index (χ4v) is 3.24. The van der Waals surface area contributed by atoms with Crippen LogP contribution in [0.1, 0.15) is 18.4 Å². The van der Waals surface area contributed by atoms with E-state index >= 15 is 0 Å². The molecule has 4 heteroatoms. The number of thioether (sulfide) groups is 1. The van der Waals surface area contributed by atoms with Crippen molar-refractivity contribution in [3.05, 3.63) is 35.9 Å². The quantitative estimate of drug-likeness (QED) is 0.656. The summed E-state index contributed by atoms with van der Waals surface area (Å²) >= 11 is 2.00. The van der Waals surface area contributed by atoms with Crippen LogP contribution in [0.4, 0.5) is 5.69 Å². The first kappa shape index (κ1) is 14.0. The number of amides is 1. The molecule has 19 heavy (non-hydrogen) atoms. The molecular formula is C15H20N2OS. The molecule has 102 valence electrons. The second-order valence-corrected chi connectivity index (χ2v) is 6.03. The van der Waals surface area contributed by atoms with Crippen LogP contribution >= 0.6 is 11.8 Å². The molecule has 1 amide bonds. The second kappa shape index (κ2) is 7.24. The number of hydrogen-bond acceptors (Lipinski definition) is 3. The Labute approximate surface area is 118 Å². The number of nitrogen functional groups attached to an aromatic ring is 1. The molecule has 0 aliphatic carbocycles. The SMILES string of the molecule is Nc1ccc(/C=C/C(=O)NCC2CCSCC2)cc1. The maximum absolute atomic E-state index is 11.7. The molecule has 0 saturated carbocycles. The van der Waals surface area contributed by atoms with Gasteiger partial charge in [0, 0.05) is 18.3 Å². The second-order valence-electron chi connectivity index (χ2n) is 4.80. The van der Waals surface area contributed by atoms with Gasteiger partial charge in [-0.25, -0.2) is 0 Å². The van der Waals surface area contributed by atoms with Gasteiger partial charge in [-0.1, -0.05) is 12.1 Å². The van der Waals surface area contributed by atoms with Crippen molar-refractivity contribution < 1.29 is 4.79 Å². The van der Waals surface area contributed by atoms with Crippen LogP contribution in [0.5, 0.6) is 0 Å². The van der Waals surface area contributed by atoms with Crippen LogP contribution in [0.25, 0.3) is 6.08 Å². The summed E-state index contributed by atoms with van der Waals surface area (Å²) in [5, 5.41) is 2.97. The highest BCUT2D eigenvalue weighted by Gasteiger charge is 2.13. The minimum atomic E-state index is -0.0185. The molecule has 1 aromatic carbocycles. The van der Waals surface area contributed by atoms with Crippen LogP contribution < -0.4 is 11.1 Å². The van der Waals surface area contributed by atoms with Crippen molar-refractivity contribution in [1.29, 1.82) is 0 Å². The van der Waals surface area contributed by atoms with Crippen LogP contribution in [0.2, 0.25) is 0 Å². The number of nitrogens with two attached hydrogens (primary N) is 1. The van der Waals surface area contributed by atoms with E-state index in [0.717, 1.165) is 17.8 Å². The number of benzene rings is 1. The van der Waals surface area contributed by atoms with E-state index in [2.05, 4.69) is 5.32 Å². The zero-order valence-electron chi connectivity index (χ0n) is 11.0. The molecule has 0 bridgehead atoms. The van der Waals surface area contributed by atoms with Crippen molar-refractivity contribution in [3.8, 4) is 0 Å². The molecule has 1 aromatic rings. The first-order valence-corrected chi connectivity index (χ1v) is 7.79. The Morgan fingerprint density at radius 2 is 2.00 bits per heavy atom. The zero-order chi connectivity index (χ0) is 13.5. The van der Waals surface area contributed by atoms with Crippen molar-refractivity contribution in [3.63, 3.8) is 0 Å². The molecule has 3 N–H and O–H groups in total. The van der Waals surface area contributed by atoms with Gasteiger partial charge in [0.2, 0.25) is 5.91 Å². The lowest BCUT2D eigenvalue weighted by Crippen LogP contribution is -2.29. The van der Waals surface area contributed by atoms with Crippen LogP contribution in [0.3, 0.4) is 0 Å². The van der Waals surface area contributed by atoms with Gasteiger partial charge in [0.1, 0.15) is 0 Å². The number of hydrogen-bond donors (Lipinski definition) is 2. The van der Waals surface area contributed by atoms with E-state index in [1.54, 1.807) is 6.08 Å². The smallest absolute Gasteiger partial charge is 0.244 e. The molecule has 1 saturated heterocycles. The van der Waals surface area contributed by atoms with E-state index in [1.807, 2.05) is 42.1 Å². The average molecular weight is 276 g/mol. The van der Waals surface area contributed by atoms with Crippen LogP contribution in [-0.2, 0) is 4.79 Å². The number of carbonyl (C=O) groups excluding carboxylic acids is 1. The van der Waals surface area contributed by atoms with Crippen LogP contribution in [0, 0.1) is 5.92 Å². The normalized spacial score (nSPS) is 16.6. The third-order valence-electron chi connectivity index (χ3n) is 3.27. The molecule has 1 aliphatic heterocycles. The van der Waals surface area contributed by atoms with Gasteiger partial charge in [-0.05, 0) is 54.0 Å². The molecule has 0 aromatic heterocycles. The van der Waals surface area contributed by atoms with Gasteiger partial charge < -0.3 is 11.1 Å². The molecule has 0 atom stereocenters. The highest BCUT2D eigenvalue weighted by atomic mass is 32.2. The molecule has 0 spiro atoms. The Hall–Kier alpha value is -1.42. The van der Waals surface area contributed by atoms with E-state index in [0.29, 0.717) is 5.92 Å². The van der Waals surface area contributed by atoms with E-state index in [1.165, 1.54) is 24.3 Å². The fourth-order valence-electron chi connectivity index (χ4n) is 2.03. The van der Waals surface area contributed by atoms with Gasteiger partial charge in [-0.15, -0.1) is 0 Å². The first-order valence-electron chi connectivity index (χ1n) is 6.63. The Morgan fingerprint density at radius 3 is 2.68 bits per heavy atom. The lowest BCUT2D eigenvalue weighted by molar-refractivity contribution is -0.116. The summed E-state index contributed by atoms with van der Waals surface area (Å²) in [7, 11) is 0. The van der Waals surface area contributed by atoms with Gasteiger partial charge in [0.15, 0.2) is 0 Å². The summed E-state index contributed by atoms with van der Waals surface area (Å²) in [6, 6.07) is 7.46. The van der Waals surface area contributed by atoms with E-state index in [9.17, 15) is 4.79 Å². The highest BCUT2D eigenvalue weighted by Crippen LogP contribution is 2.21. The number of rotatable bonds is 4. The summed E-state index contributed by atoms with van der Waals surface area (Å²) in [5.41, 5.74) is 7.33. The summed E-state index contributed by atoms with van der Waals surface area (Å²) in [6.07, 6.45) is 5.83. The van der Waals surface area contributed by atoms with Gasteiger partial charge in [-0.2, -0.15) is 11.8 Å². The van der Waals surface area contributed by atoms with Gasteiger partial charge in [0.05, 0.1) is 0 Å². The van der Waals surface area contributed by atoms with Crippen LogP contribution in [0.15, 0.2) is 30.3 Å². The Bertz CT molecular complexity index is 436. The molecule has 1 aliphatic rings. The third-order valence-corrected chi connectivity index (χ3v) is 4.32. The van der Waals surface area contributed by atoms with Crippen molar-refractivity contribution >= 4 is 29.4 Å². The van der Waals surface area contributed by atoms with E-state index in [-0.39, 0.29) is 5.91 Å². The van der Waals surface area contributed by atoms with Gasteiger partial charge >= 0.3 is 0 Å². The molecule has 1 heterocycles. The molecule has 1 fully saturated rings. The Balaban J connectivity index is 1.75. The number of anilines is 1. The van der Waals surface area contributed by atoms with Crippen molar-refractivity contribution in [1.82, 2.24) is 5.32 Å². The van der Waals surface area contributed by atoms with Crippen molar-refractivity contribution in [2.24, 2.45) is 5.92 Å². The lowest BCUT2D eigenvalue weighted by atomic mass is 10.0. The number of nitrogens with one attached hydrogen (secondary N) is 1. The topological polar surface area (TPSA) is 55.1 Å². The molecular weight excluding hydrogens is 256 g/mol.